The van der Waals surface area contributed by atoms with Crippen molar-refractivity contribution in [3.63, 3.8) is 0 Å². The molecule has 0 radical (unpaired) electrons. The number of rotatable bonds is 7. The molecular formula is C21H24N4O3S. The van der Waals surface area contributed by atoms with E-state index in [1.54, 1.807) is 31.2 Å². The molecule has 3 aromatic rings. The average molecular weight is 413 g/mol. The first-order valence-corrected chi connectivity index (χ1v) is 10.3. The number of nitrogens with one attached hydrogen (secondary N) is 2. The van der Waals surface area contributed by atoms with Crippen LogP contribution in [0.2, 0.25) is 0 Å². The predicted molar refractivity (Wildman–Crippen MR) is 115 cm³/mol. The summed E-state index contributed by atoms with van der Waals surface area (Å²) in [4.78, 5) is 41.9. The van der Waals surface area contributed by atoms with Crippen LogP contribution in [0.4, 0.5) is 5.69 Å². The zero-order valence-corrected chi connectivity index (χ0v) is 17.8. The molecule has 152 valence electrons. The van der Waals surface area contributed by atoms with Gasteiger partial charge >= 0.3 is 0 Å². The third kappa shape index (κ3) is 4.37. The van der Waals surface area contributed by atoms with Gasteiger partial charge in [-0.05, 0) is 45.7 Å². The SMILES string of the molecule is CCCCc1c(C)[nH]n(-c2nc(C)c(C(=O)Nc3cccc(C(C)=O)c3)s2)c1=O. The molecule has 2 aromatic heterocycles. The standard InChI is InChI=1S/C21H24N4O3S/c1-5-6-10-17-12(2)24-25(20(17)28)21-22-13(3)18(29-21)19(27)23-16-9-7-8-15(11-16)14(4)26/h7-9,11,24H,5-6,10H2,1-4H3,(H,23,27). The summed E-state index contributed by atoms with van der Waals surface area (Å²) in [6, 6.07) is 6.78. The van der Waals surface area contributed by atoms with E-state index in [1.165, 1.54) is 11.6 Å². The van der Waals surface area contributed by atoms with E-state index in [2.05, 4.69) is 22.3 Å². The minimum atomic E-state index is -0.325. The lowest BCUT2D eigenvalue weighted by molar-refractivity contribution is 0.101. The molecule has 0 spiro atoms. The summed E-state index contributed by atoms with van der Waals surface area (Å²) >= 11 is 1.15. The molecular weight excluding hydrogens is 388 g/mol. The van der Waals surface area contributed by atoms with Gasteiger partial charge in [0.05, 0.1) is 5.69 Å². The number of aromatic amines is 1. The number of carbonyl (C=O) groups excluding carboxylic acids is 2. The maximum atomic E-state index is 12.7. The van der Waals surface area contributed by atoms with E-state index in [0.29, 0.717) is 27.0 Å². The van der Waals surface area contributed by atoms with Gasteiger partial charge in [0.15, 0.2) is 5.78 Å². The number of anilines is 1. The van der Waals surface area contributed by atoms with Crippen LogP contribution in [-0.4, -0.2) is 26.5 Å². The highest BCUT2D eigenvalue weighted by atomic mass is 32.1. The number of ketones is 1. The quantitative estimate of drug-likeness (QED) is 0.573. The molecule has 0 aliphatic rings. The predicted octanol–water partition coefficient (Wildman–Crippen LogP) is 4.04. The molecule has 1 aromatic carbocycles. The highest BCUT2D eigenvalue weighted by Gasteiger charge is 2.20. The Kier molecular flexibility index (Phi) is 6.12. The van der Waals surface area contributed by atoms with Crippen LogP contribution in [-0.2, 0) is 6.42 Å². The summed E-state index contributed by atoms with van der Waals surface area (Å²) in [5.41, 5.74) is 3.06. The van der Waals surface area contributed by atoms with E-state index in [9.17, 15) is 14.4 Å². The van der Waals surface area contributed by atoms with Crippen molar-refractivity contribution >= 4 is 28.7 Å². The normalized spacial score (nSPS) is 10.9. The lowest BCUT2D eigenvalue weighted by Gasteiger charge is -2.05. The van der Waals surface area contributed by atoms with Crippen molar-refractivity contribution < 1.29 is 9.59 Å². The van der Waals surface area contributed by atoms with Crippen LogP contribution in [0.15, 0.2) is 29.1 Å². The Morgan fingerprint density at radius 1 is 1.28 bits per heavy atom. The maximum absolute atomic E-state index is 12.7. The van der Waals surface area contributed by atoms with Crippen LogP contribution in [0.5, 0.6) is 0 Å². The van der Waals surface area contributed by atoms with Gasteiger partial charge in [-0.15, -0.1) is 0 Å². The summed E-state index contributed by atoms with van der Waals surface area (Å²) in [6.07, 6.45) is 2.67. The first-order chi connectivity index (χ1) is 13.8. The zero-order chi connectivity index (χ0) is 21.1. The number of aryl methyl sites for hydroxylation is 2. The number of amides is 1. The van der Waals surface area contributed by atoms with E-state index >= 15 is 0 Å². The van der Waals surface area contributed by atoms with Crippen molar-refractivity contribution in [1.82, 2.24) is 14.8 Å². The van der Waals surface area contributed by atoms with Gasteiger partial charge in [-0.25, -0.2) is 4.98 Å². The molecule has 29 heavy (non-hydrogen) atoms. The number of unbranched alkanes of at least 4 members (excludes halogenated alkanes) is 1. The van der Waals surface area contributed by atoms with Crippen molar-refractivity contribution in [2.24, 2.45) is 0 Å². The number of H-pyrrole nitrogens is 1. The van der Waals surface area contributed by atoms with Gasteiger partial charge in [-0.2, -0.15) is 4.68 Å². The van der Waals surface area contributed by atoms with E-state index < -0.39 is 0 Å². The fraction of sp³-hybridized carbons (Fsp3) is 0.333. The second-order valence-electron chi connectivity index (χ2n) is 6.96. The second kappa shape index (κ2) is 8.57. The number of nitrogens with zero attached hydrogens (tertiary/aromatic N) is 2. The van der Waals surface area contributed by atoms with Crippen LogP contribution >= 0.6 is 11.3 Å². The van der Waals surface area contributed by atoms with E-state index in [4.69, 9.17) is 0 Å². The van der Waals surface area contributed by atoms with Gasteiger partial charge in [0.1, 0.15) is 4.88 Å². The Morgan fingerprint density at radius 2 is 2.03 bits per heavy atom. The van der Waals surface area contributed by atoms with Crippen LogP contribution in [0.1, 0.15) is 63.7 Å². The van der Waals surface area contributed by atoms with Gasteiger partial charge in [0.25, 0.3) is 11.5 Å². The lowest BCUT2D eigenvalue weighted by Crippen LogP contribution is -2.17. The van der Waals surface area contributed by atoms with Crippen molar-refractivity contribution in [2.45, 2.75) is 47.0 Å². The first-order valence-electron chi connectivity index (χ1n) is 9.52. The first kappa shape index (κ1) is 20.7. The van der Waals surface area contributed by atoms with Gasteiger partial charge in [0, 0.05) is 22.5 Å². The van der Waals surface area contributed by atoms with E-state index in [0.717, 1.165) is 41.9 Å². The minimum Gasteiger partial charge on any atom is -0.321 e. The van der Waals surface area contributed by atoms with Crippen molar-refractivity contribution in [3.8, 4) is 5.13 Å². The fourth-order valence-corrected chi connectivity index (χ4v) is 3.98. The van der Waals surface area contributed by atoms with Gasteiger partial charge in [-0.1, -0.05) is 36.8 Å². The number of benzene rings is 1. The summed E-state index contributed by atoms with van der Waals surface area (Å²) in [7, 11) is 0. The summed E-state index contributed by atoms with van der Waals surface area (Å²) in [5, 5.41) is 6.30. The highest BCUT2D eigenvalue weighted by Crippen LogP contribution is 2.23. The Labute approximate surface area is 172 Å². The number of thiazole rings is 1. The fourth-order valence-electron chi connectivity index (χ4n) is 3.06. The van der Waals surface area contributed by atoms with Gasteiger partial charge in [0.2, 0.25) is 5.13 Å². The molecule has 1 amide bonds. The molecule has 0 fully saturated rings. The van der Waals surface area contributed by atoms with Crippen molar-refractivity contribution in [1.29, 1.82) is 0 Å². The monoisotopic (exact) mass is 412 g/mol. The molecule has 7 nitrogen and oxygen atoms in total. The largest absolute Gasteiger partial charge is 0.321 e. The van der Waals surface area contributed by atoms with Crippen LogP contribution in [0.25, 0.3) is 5.13 Å². The molecule has 0 saturated carbocycles. The average Bonchev–Trinajstić information content (AvgIpc) is 3.20. The molecule has 0 bridgehead atoms. The molecule has 8 heteroatoms. The van der Waals surface area contributed by atoms with Gasteiger partial charge in [-0.3, -0.25) is 19.5 Å². The number of aromatic nitrogens is 3. The Balaban J connectivity index is 1.87. The van der Waals surface area contributed by atoms with Crippen LogP contribution in [0.3, 0.4) is 0 Å². The van der Waals surface area contributed by atoms with Crippen molar-refractivity contribution in [3.05, 3.63) is 62.0 Å². The molecule has 0 saturated heterocycles. The molecule has 0 aliphatic heterocycles. The lowest BCUT2D eigenvalue weighted by atomic mass is 10.1. The molecule has 0 atom stereocenters. The topological polar surface area (TPSA) is 96.8 Å². The number of hydrogen-bond donors (Lipinski definition) is 2. The number of hydrogen-bond acceptors (Lipinski definition) is 5. The summed E-state index contributed by atoms with van der Waals surface area (Å²) < 4.78 is 1.41. The van der Waals surface area contributed by atoms with E-state index in [-0.39, 0.29) is 17.2 Å². The van der Waals surface area contributed by atoms with Crippen molar-refractivity contribution in [2.75, 3.05) is 5.32 Å². The third-order valence-electron chi connectivity index (χ3n) is 4.68. The number of carbonyl (C=O) groups is 2. The maximum Gasteiger partial charge on any atom is 0.276 e. The Hall–Kier alpha value is -3.00. The molecule has 2 heterocycles. The molecule has 0 aliphatic carbocycles. The molecule has 0 unspecified atom stereocenters. The van der Waals surface area contributed by atoms with Gasteiger partial charge < -0.3 is 5.32 Å². The van der Waals surface area contributed by atoms with Crippen LogP contribution < -0.4 is 10.9 Å². The third-order valence-corrected chi connectivity index (χ3v) is 5.82. The molecule has 2 N–H and O–H groups in total. The summed E-state index contributed by atoms with van der Waals surface area (Å²) in [6.45, 7) is 7.17. The minimum absolute atomic E-state index is 0.0716. The Morgan fingerprint density at radius 3 is 2.72 bits per heavy atom. The number of Topliss-reactive ketones (excluding diaryl/α,β-unsaturated/α-hetero) is 1. The zero-order valence-electron chi connectivity index (χ0n) is 17.0. The smallest absolute Gasteiger partial charge is 0.276 e. The molecule has 3 rings (SSSR count). The summed E-state index contributed by atoms with van der Waals surface area (Å²) in [5.74, 6) is -0.396. The second-order valence-corrected chi connectivity index (χ2v) is 7.94. The van der Waals surface area contributed by atoms with Crippen LogP contribution in [0, 0.1) is 13.8 Å². The van der Waals surface area contributed by atoms with E-state index in [1.807, 2.05) is 6.92 Å². The highest BCUT2D eigenvalue weighted by molar-refractivity contribution is 7.16. The Bertz CT molecular complexity index is 1120.